The lowest BCUT2D eigenvalue weighted by Gasteiger charge is -2.28. The number of pyridine rings is 1. The summed E-state index contributed by atoms with van der Waals surface area (Å²) in [4.78, 5) is 33.8. The smallest absolute Gasteiger partial charge is 0.228 e. The van der Waals surface area contributed by atoms with Crippen LogP contribution in [0.4, 0.5) is 11.5 Å². The van der Waals surface area contributed by atoms with Gasteiger partial charge in [-0.2, -0.15) is 0 Å². The third-order valence-corrected chi connectivity index (χ3v) is 6.09. The van der Waals surface area contributed by atoms with Crippen molar-refractivity contribution in [2.45, 2.75) is 19.9 Å². The van der Waals surface area contributed by atoms with Crippen LogP contribution in [-0.2, 0) is 20.9 Å². The van der Waals surface area contributed by atoms with E-state index in [1.54, 1.807) is 36.2 Å². The number of benzene rings is 1. The first-order chi connectivity index (χ1) is 14.8. The first-order valence-electron chi connectivity index (χ1n) is 10.2. The van der Waals surface area contributed by atoms with Crippen LogP contribution in [0.25, 0.3) is 0 Å². The first-order valence-corrected chi connectivity index (χ1v) is 10.9. The third-order valence-electron chi connectivity index (χ3n) is 5.65. The highest BCUT2D eigenvalue weighted by Gasteiger charge is 2.45. The van der Waals surface area contributed by atoms with Gasteiger partial charge in [-0.05, 0) is 42.8 Å². The molecule has 1 aromatic carbocycles. The molecule has 3 heterocycles. The van der Waals surface area contributed by atoms with Crippen molar-refractivity contribution in [2.24, 2.45) is 5.41 Å². The monoisotopic (exact) mass is 462 g/mol. The van der Waals surface area contributed by atoms with E-state index in [9.17, 15) is 9.59 Å². The van der Waals surface area contributed by atoms with Gasteiger partial charge in [0, 0.05) is 54.5 Å². The van der Waals surface area contributed by atoms with Gasteiger partial charge >= 0.3 is 0 Å². The molecule has 2 aliphatic rings. The summed E-state index contributed by atoms with van der Waals surface area (Å²) >= 11 is 12.2. The Hall–Kier alpha value is -2.35. The second-order valence-corrected chi connectivity index (χ2v) is 9.02. The summed E-state index contributed by atoms with van der Waals surface area (Å²) in [7, 11) is 0. The summed E-state index contributed by atoms with van der Waals surface area (Å²) in [6.07, 6.45) is 1.87. The second kappa shape index (κ2) is 9.02. The quantitative estimate of drug-likeness (QED) is 0.737. The number of carbonyl (C=O) groups excluding carboxylic acids is 2. The Kier molecular flexibility index (Phi) is 6.36. The van der Waals surface area contributed by atoms with Crippen molar-refractivity contribution in [3.05, 3.63) is 52.1 Å². The summed E-state index contributed by atoms with van der Waals surface area (Å²) in [6.45, 7) is 5.40. The number of nitrogens with one attached hydrogen (secondary N) is 1. The fourth-order valence-electron chi connectivity index (χ4n) is 3.94. The van der Waals surface area contributed by atoms with Gasteiger partial charge in [0.05, 0.1) is 18.6 Å². The van der Waals surface area contributed by atoms with E-state index in [2.05, 4.69) is 15.2 Å². The van der Waals surface area contributed by atoms with E-state index >= 15 is 0 Å². The number of rotatable bonds is 5. The van der Waals surface area contributed by atoms with Crippen molar-refractivity contribution in [3.8, 4) is 0 Å². The lowest BCUT2D eigenvalue weighted by atomic mass is 9.88. The molecule has 1 unspecified atom stereocenters. The van der Waals surface area contributed by atoms with Crippen LogP contribution in [0.15, 0.2) is 36.5 Å². The van der Waals surface area contributed by atoms with Gasteiger partial charge in [-0.1, -0.05) is 23.2 Å². The lowest BCUT2D eigenvalue weighted by molar-refractivity contribution is -0.131. The highest BCUT2D eigenvalue weighted by Crippen LogP contribution is 2.36. The minimum Gasteiger partial charge on any atom is -0.378 e. The molecule has 31 heavy (non-hydrogen) atoms. The molecule has 2 aromatic rings. The molecule has 1 aromatic heterocycles. The minimum atomic E-state index is -0.841. The molecule has 1 atom stereocenters. The highest BCUT2D eigenvalue weighted by molar-refractivity contribution is 6.35. The highest BCUT2D eigenvalue weighted by atomic mass is 35.5. The average molecular weight is 463 g/mol. The van der Waals surface area contributed by atoms with Crippen LogP contribution >= 0.6 is 23.2 Å². The number of carbonyl (C=O) groups is 2. The Labute approximate surface area is 191 Å². The van der Waals surface area contributed by atoms with Crippen LogP contribution < -0.4 is 15.1 Å². The second-order valence-electron chi connectivity index (χ2n) is 8.15. The van der Waals surface area contributed by atoms with Crippen molar-refractivity contribution >= 4 is 46.5 Å². The van der Waals surface area contributed by atoms with Crippen molar-refractivity contribution in [1.29, 1.82) is 0 Å². The Bertz CT molecular complexity index is 976. The zero-order chi connectivity index (χ0) is 22.0. The summed E-state index contributed by atoms with van der Waals surface area (Å²) in [6, 6.07) is 8.83. The van der Waals surface area contributed by atoms with Gasteiger partial charge in [-0.25, -0.2) is 4.98 Å². The van der Waals surface area contributed by atoms with E-state index in [1.165, 1.54) is 0 Å². The van der Waals surface area contributed by atoms with Crippen molar-refractivity contribution < 1.29 is 14.3 Å². The molecule has 164 valence electrons. The van der Waals surface area contributed by atoms with Crippen molar-refractivity contribution in [1.82, 2.24) is 10.3 Å². The molecular weight excluding hydrogens is 439 g/mol. The van der Waals surface area contributed by atoms with Crippen molar-refractivity contribution in [2.75, 3.05) is 42.6 Å². The molecule has 2 aliphatic heterocycles. The number of hydrogen-bond donors (Lipinski definition) is 1. The predicted octanol–water partition coefficient (Wildman–Crippen LogP) is 3.28. The number of nitrogens with zero attached hydrogens (tertiary/aromatic N) is 3. The summed E-state index contributed by atoms with van der Waals surface area (Å²) in [5.41, 5.74) is 0.714. The van der Waals surface area contributed by atoms with E-state index < -0.39 is 5.41 Å². The molecule has 0 saturated carbocycles. The molecule has 0 aliphatic carbocycles. The Balaban J connectivity index is 1.41. The van der Waals surface area contributed by atoms with E-state index in [0.29, 0.717) is 35.5 Å². The molecule has 1 N–H and O–H groups in total. The summed E-state index contributed by atoms with van der Waals surface area (Å²) in [5, 5.41) is 3.88. The van der Waals surface area contributed by atoms with Crippen LogP contribution in [0, 0.1) is 5.41 Å². The summed E-state index contributed by atoms with van der Waals surface area (Å²) < 4.78 is 5.39. The molecule has 7 nitrogen and oxygen atoms in total. The van der Waals surface area contributed by atoms with Gasteiger partial charge in [-0.15, -0.1) is 0 Å². The Morgan fingerprint density at radius 1 is 1.19 bits per heavy atom. The van der Waals surface area contributed by atoms with E-state index in [1.807, 2.05) is 12.1 Å². The average Bonchev–Trinajstić information content (AvgIpc) is 3.08. The topological polar surface area (TPSA) is 74.8 Å². The first kappa shape index (κ1) is 21.9. The molecule has 0 radical (unpaired) electrons. The van der Waals surface area contributed by atoms with E-state index in [0.717, 1.165) is 24.5 Å². The van der Waals surface area contributed by atoms with Gasteiger partial charge in [0.1, 0.15) is 5.82 Å². The number of anilines is 2. The third kappa shape index (κ3) is 4.95. The van der Waals surface area contributed by atoms with Gasteiger partial charge in [-0.3, -0.25) is 9.59 Å². The Morgan fingerprint density at radius 3 is 2.61 bits per heavy atom. The normalized spacial score (nSPS) is 21.5. The standard InChI is InChI=1S/C22H24Cl2N4O3/c1-22(12-20(29)28(14-22)18-10-16(23)9-17(24)11-18)21(30)26-13-15-2-3-25-19(8-15)27-4-6-31-7-5-27/h2-3,8-11H,4-7,12-14H2,1H3,(H,26,30). The zero-order valence-electron chi connectivity index (χ0n) is 17.2. The molecule has 2 fully saturated rings. The number of hydrogen-bond acceptors (Lipinski definition) is 5. The lowest BCUT2D eigenvalue weighted by Crippen LogP contribution is -2.40. The summed E-state index contributed by atoms with van der Waals surface area (Å²) in [5.74, 6) is 0.581. The van der Waals surface area contributed by atoms with E-state index in [-0.39, 0.29) is 24.8 Å². The molecule has 2 saturated heterocycles. The van der Waals surface area contributed by atoms with Gasteiger partial charge in [0.2, 0.25) is 11.8 Å². The maximum Gasteiger partial charge on any atom is 0.228 e. The molecule has 9 heteroatoms. The molecule has 2 amide bonds. The molecule has 4 rings (SSSR count). The fraction of sp³-hybridized carbons (Fsp3) is 0.409. The van der Waals surface area contributed by atoms with Gasteiger partial charge < -0.3 is 19.9 Å². The number of halogens is 2. The van der Waals surface area contributed by atoms with Crippen LogP contribution in [0.2, 0.25) is 10.0 Å². The molecular formula is C22H24Cl2N4O3. The number of morpholine rings is 1. The maximum absolute atomic E-state index is 13.0. The maximum atomic E-state index is 13.0. The Morgan fingerprint density at radius 2 is 1.90 bits per heavy atom. The van der Waals surface area contributed by atoms with Crippen LogP contribution in [0.5, 0.6) is 0 Å². The van der Waals surface area contributed by atoms with Crippen molar-refractivity contribution in [3.63, 3.8) is 0 Å². The number of amides is 2. The number of ether oxygens (including phenoxy) is 1. The van der Waals surface area contributed by atoms with E-state index in [4.69, 9.17) is 27.9 Å². The fourth-order valence-corrected chi connectivity index (χ4v) is 4.45. The largest absolute Gasteiger partial charge is 0.378 e. The number of aromatic nitrogens is 1. The molecule has 0 bridgehead atoms. The molecule has 0 spiro atoms. The van der Waals surface area contributed by atoms with Gasteiger partial charge in [0.15, 0.2) is 0 Å². The van der Waals surface area contributed by atoms with Crippen LogP contribution in [0.1, 0.15) is 18.9 Å². The minimum absolute atomic E-state index is 0.123. The SMILES string of the molecule is CC1(C(=O)NCc2ccnc(N3CCOCC3)c2)CC(=O)N(c2cc(Cl)cc(Cl)c2)C1. The van der Waals surface area contributed by atoms with Gasteiger partial charge in [0.25, 0.3) is 0 Å². The van der Waals surface area contributed by atoms with Crippen LogP contribution in [0.3, 0.4) is 0 Å². The predicted molar refractivity (Wildman–Crippen MR) is 121 cm³/mol. The zero-order valence-corrected chi connectivity index (χ0v) is 18.7. The van der Waals surface area contributed by atoms with Crippen LogP contribution in [-0.4, -0.2) is 49.6 Å².